The summed E-state index contributed by atoms with van der Waals surface area (Å²) in [6.07, 6.45) is 0.380. The van der Waals surface area contributed by atoms with Gasteiger partial charge in [-0.2, -0.15) is 4.98 Å². The zero-order valence-corrected chi connectivity index (χ0v) is 11.4. The molecule has 0 spiro atoms. The largest absolute Gasteiger partial charge is 0.390 e. The first-order valence-corrected chi connectivity index (χ1v) is 6.49. The van der Waals surface area contributed by atoms with Gasteiger partial charge in [0.15, 0.2) is 0 Å². The first-order chi connectivity index (χ1) is 9.61. The second-order valence-corrected chi connectivity index (χ2v) is 4.67. The van der Waals surface area contributed by atoms with Gasteiger partial charge in [-0.3, -0.25) is 4.57 Å². The van der Waals surface area contributed by atoms with Crippen LogP contribution in [0.5, 0.6) is 0 Å². The minimum absolute atomic E-state index is 0.169. The summed E-state index contributed by atoms with van der Waals surface area (Å²) >= 11 is 0. The third kappa shape index (κ3) is 3.54. The summed E-state index contributed by atoms with van der Waals surface area (Å²) in [6, 6.07) is 1.53. The molecule has 3 atom stereocenters. The average molecular weight is 284 g/mol. The minimum atomic E-state index is -0.625. The Morgan fingerprint density at radius 1 is 1.70 bits per heavy atom. The van der Waals surface area contributed by atoms with E-state index in [1.54, 1.807) is 7.11 Å². The van der Waals surface area contributed by atoms with Gasteiger partial charge in [0.1, 0.15) is 12.0 Å². The van der Waals surface area contributed by atoms with Crippen molar-refractivity contribution in [2.45, 2.75) is 24.9 Å². The van der Waals surface area contributed by atoms with Crippen molar-refractivity contribution >= 4 is 5.82 Å². The number of rotatable bonds is 6. The maximum absolute atomic E-state index is 11.7. The van der Waals surface area contributed by atoms with Gasteiger partial charge < -0.3 is 25.6 Å². The highest BCUT2D eigenvalue weighted by Crippen LogP contribution is 2.27. The van der Waals surface area contributed by atoms with Gasteiger partial charge in [0.2, 0.25) is 0 Å². The maximum atomic E-state index is 11.7. The fourth-order valence-corrected chi connectivity index (χ4v) is 2.13. The number of aliphatic hydroxyl groups excluding tert-OH is 1. The van der Waals surface area contributed by atoms with Gasteiger partial charge in [0, 0.05) is 32.8 Å². The number of nitrogens with zero attached hydrogens (tertiary/aromatic N) is 2. The van der Waals surface area contributed by atoms with Crippen LogP contribution in [0.3, 0.4) is 0 Å². The zero-order chi connectivity index (χ0) is 14.5. The van der Waals surface area contributed by atoms with Gasteiger partial charge >= 0.3 is 5.69 Å². The highest BCUT2D eigenvalue weighted by molar-refractivity contribution is 5.23. The monoisotopic (exact) mass is 284 g/mol. The second-order valence-electron chi connectivity index (χ2n) is 4.67. The normalized spacial score (nSPS) is 26.0. The van der Waals surface area contributed by atoms with Crippen LogP contribution in [0.25, 0.3) is 0 Å². The van der Waals surface area contributed by atoms with Gasteiger partial charge in [-0.05, 0) is 6.07 Å². The van der Waals surface area contributed by atoms with E-state index in [0.717, 1.165) is 0 Å². The Bertz CT molecular complexity index is 493. The third-order valence-corrected chi connectivity index (χ3v) is 3.19. The first kappa shape index (κ1) is 14.9. The van der Waals surface area contributed by atoms with Crippen LogP contribution in [0, 0.1) is 0 Å². The van der Waals surface area contributed by atoms with Crippen LogP contribution in [0.1, 0.15) is 12.6 Å². The molecule has 8 heteroatoms. The van der Waals surface area contributed by atoms with Crippen molar-refractivity contribution in [3.05, 3.63) is 22.7 Å². The third-order valence-electron chi connectivity index (χ3n) is 3.19. The smallest absolute Gasteiger partial charge is 0.351 e. The molecule has 1 saturated heterocycles. The van der Waals surface area contributed by atoms with E-state index in [-0.39, 0.29) is 11.9 Å². The summed E-state index contributed by atoms with van der Waals surface area (Å²) in [5.41, 5.74) is 4.96. The molecule has 2 heterocycles. The molecule has 0 unspecified atom stereocenters. The second kappa shape index (κ2) is 6.80. The van der Waals surface area contributed by atoms with Gasteiger partial charge in [0.25, 0.3) is 0 Å². The molecule has 20 heavy (non-hydrogen) atoms. The molecule has 8 nitrogen and oxygen atoms in total. The molecule has 4 N–H and O–H groups in total. The average Bonchev–Trinajstić information content (AvgIpc) is 2.76. The van der Waals surface area contributed by atoms with Crippen molar-refractivity contribution < 1.29 is 14.6 Å². The van der Waals surface area contributed by atoms with Crippen molar-refractivity contribution in [2.75, 3.05) is 32.5 Å². The molecule has 1 aromatic heterocycles. The summed E-state index contributed by atoms with van der Waals surface area (Å²) < 4.78 is 12.0. The lowest BCUT2D eigenvalue weighted by molar-refractivity contribution is -0.0195. The van der Waals surface area contributed by atoms with Crippen LogP contribution in [-0.4, -0.2) is 53.7 Å². The molecule has 1 aromatic rings. The van der Waals surface area contributed by atoms with Gasteiger partial charge in [0.05, 0.1) is 18.8 Å². The van der Waals surface area contributed by atoms with E-state index in [1.165, 1.54) is 16.8 Å². The molecule has 0 aliphatic carbocycles. The first-order valence-electron chi connectivity index (χ1n) is 6.49. The van der Waals surface area contributed by atoms with Gasteiger partial charge in [-0.15, -0.1) is 0 Å². The highest BCUT2D eigenvalue weighted by Gasteiger charge is 2.35. The van der Waals surface area contributed by atoms with Crippen molar-refractivity contribution in [1.29, 1.82) is 0 Å². The summed E-state index contributed by atoms with van der Waals surface area (Å²) in [6.45, 7) is 1.77. The molecule has 2 rings (SSSR count). The van der Waals surface area contributed by atoms with Crippen LogP contribution in [-0.2, 0) is 9.47 Å². The number of aliphatic hydroxyl groups is 1. The lowest BCUT2D eigenvalue weighted by atomic mass is 10.2. The van der Waals surface area contributed by atoms with Crippen molar-refractivity contribution in [1.82, 2.24) is 14.9 Å². The molecule has 1 aliphatic heterocycles. The maximum Gasteiger partial charge on any atom is 0.351 e. The van der Waals surface area contributed by atoms with Crippen molar-refractivity contribution in [2.24, 2.45) is 0 Å². The van der Waals surface area contributed by atoms with Gasteiger partial charge in [-0.1, -0.05) is 0 Å². The standard InChI is InChI=1S/C12H20N4O4/c1-19-5-3-14-7-9-8(17)6-11(20-9)16-4-2-10(13)15-12(16)18/h2,4,8-9,11,14,17H,3,5-7H2,1H3,(H2,13,15,18)/t8-,9+,11+/m0/s1. The van der Waals surface area contributed by atoms with Gasteiger partial charge in [-0.25, -0.2) is 4.79 Å². The summed E-state index contributed by atoms with van der Waals surface area (Å²) in [5, 5.41) is 13.1. The number of nitrogen functional groups attached to an aromatic ring is 1. The number of hydrogen-bond acceptors (Lipinski definition) is 7. The Labute approximate surface area is 116 Å². The van der Waals surface area contributed by atoms with Crippen LogP contribution in [0.4, 0.5) is 5.82 Å². The number of anilines is 1. The number of ether oxygens (including phenoxy) is 2. The van der Waals surface area contributed by atoms with Crippen molar-refractivity contribution in [3.8, 4) is 0 Å². The summed E-state index contributed by atoms with van der Waals surface area (Å²) in [5.74, 6) is 0.169. The number of methoxy groups -OCH3 is 1. The Balaban J connectivity index is 1.94. The van der Waals surface area contributed by atoms with E-state index in [0.29, 0.717) is 26.1 Å². The van der Waals surface area contributed by atoms with E-state index in [2.05, 4.69) is 10.3 Å². The Morgan fingerprint density at radius 2 is 2.50 bits per heavy atom. The summed E-state index contributed by atoms with van der Waals surface area (Å²) in [4.78, 5) is 15.4. The quantitative estimate of drug-likeness (QED) is 0.557. The topological polar surface area (TPSA) is 112 Å². The predicted molar refractivity (Wildman–Crippen MR) is 72.2 cm³/mol. The molecule has 0 aromatic carbocycles. The molecule has 1 fully saturated rings. The van der Waals surface area contributed by atoms with Crippen LogP contribution < -0.4 is 16.7 Å². The van der Waals surface area contributed by atoms with E-state index >= 15 is 0 Å². The molecular weight excluding hydrogens is 264 g/mol. The Hall–Kier alpha value is -1.48. The van der Waals surface area contributed by atoms with E-state index < -0.39 is 18.0 Å². The number of nitrogens with one attached hydrogen (secondary N) is 1. The SMILES string of the molecule is COCCNC[C@H]1O[C@@H](n2ccc(N)nc2=O)C[C@@H]1O. The van der Waals surface area contributed by atoms with Crippen LogP contribution >= 0.6 is 0 Å². The lowest BCUT2D eigenvalue weighted by Gasteiger charge is -2.16. The number of nitrogens with two attached hydrogens (primary N) is 1. The molecule has 0 saturated carbocycles. The molecule has 112 valence electrons. The van der Waals surface area contributed by atoms with E-state index in [4.69, 9.17) is 15.2 Å². The van der Waals surface area contributed by atoms with Crippen LogP contribution in [0.2, 0.25) is 0 Å². The Kier molecular flexibility index (Phi) is 5.07. The molecule has 0 radical (unpaired) electrons. The highest BCUT2D eigenvalue weighted by atomic mass is 16.5. The number of aromatic nitrogens is 2. The molecule has 0 bridgehead atoms. The van der Waals surface area contributed by atoms with Crippen LogP contribution in [0.15, 0.2) is 17.1 Å². The van der Waals surface area contributed by atoms with E-state index in [9.17, 15) is 9.90 Å². The molecule has 0 amide bonds. The van der Waals surface area contributed by atoms with E-state index in [1.807, 2.05) is 0 Å². The fraction of sp³-hybridized carbons (Fsp3) is 0.667. The Morgan fingerprint density at radius 3 is 3.20 bits per heavy atom. The predicted octanol–water partition coefficient (Wildman–Crippen LogP) is -1.29. The zero-order valence-electron chi connectivity index (χ0n) is 11.4. The fourth-order valence-electron chi connectivity index (χ4n) is 2.13. The molecular formula is C12H20N4O4. The summed E-state index contributed by atoms with van der Waals surface area (Å²) in [7, 11) is 1.62. The lowest BCUT2D eigenvalue weighted by Crippen LogP contribution is -2.35. The van der Waals surface area contributed by atoms with Crippen molar-refractivity contribution in [3.63, 3.8) is 0 Å². The number of hydrogen-bond donors (Lipinski definition) is 3. The molecule has 1 aliphatic rings. The minimum Gasteiger partial charge on any atom is -0.390 e.